The minimum absolute atomic E-state index is 0.0604. The summed E-state index contributed by atoms with van der Waals surface area (Å²) in [7, 11) is 10.2. The molecule has 12 amide bonds. The van der Waals surface area contributed by atoms with Gasteiger partial charge in [0.2, 0.25) is 70.9 Å². The Kier molecular flexibility index (Phi) is 27.6. The zero-order valence-corrected chi connectivity index (χ0v) is 58.8. The molecule has 0 aromatic heterocycles. The molecular formula is C69H107ClN12O13. The summed E-state index contributed by atoms with van der Waals surface area (Å²) in [5, 5.41) is 9.30. The molecule has 1 spiro atoms. The van der Waals surface area contributed by atoms with E-state index in [0.29, 0.717) is 62.4 Å². The molecular weight excluding hydrogens is 1240 g/mol. The van der Waals surface area contributed by atoms with Gasteiger partial charge in [-0.3, -0.25) is 57.5 Å². The van der Waals surface area contributed by atoms with Gasteiger partial charge in [-0.2, -0.15) is 0 Å². The first-order valence-electron chi connectivity index (χ1n) is 34.9. The van der Waals surface area contributed by atoms with Crippen molar-refractivity contribution in [1.82, 2.24) is 60.0 Å². The molecule has 0 radical (unpaired) electrons. The first-order chi connectivity index (χ1) is 45.2. The van der Waals surface area contributed by atoms with Crippen LogP contribution in [0.5, 0.6) is 5.75 Å². The lowest BCUT2D eigenvalue weighted by Gasteiger charge is -2.43. The maximum Gasteiger partial charge on any atom is 0.248 e. The van der Waals surface area contributed by atoms with Crippen molar-refractivity contribution < 1.29 is 62.3 Å². The first kappa shape index (κ1) is 75.3. The van der Waals surface area contributed by atoms with Crippen LogP contribution in [0.1, 0.15) is 168 Å². The molecule has 0 bridgehead atoms. The number of amides is 12. The van der Waals surface area contributed by atoms with Crippen molar-refractivity contribution in [2.75, 3.05) is 95.2 Å². The summed E-state index contributed by atoms with van der Waals surface area (Å²) in [6.07, 6.45) is 13.0. The molecule has 3 saturated carbocycles. The predicted molar refractivity (Wildman–Crippen MR) is 357 cm³/mol. The third-order valence-electron chi connectivity index (χ3n) is 21.3. The van der Waals surface area contributed by atoms with Crippen LogP contribution >= 0.6 is 11.6 Å². The third-order valence-corrected chi connectivity index (χ3v) is 21.5. The van der Waals surface area contributed by atoms with Crippen molar-refractivity contribution in [3.8, 4) is 5.75 Å². The van der Waals surface area contributed by atoms with Gasteiger partial charge in [0.1, 0.15) is 53.6 Å². The Bertz CT molecular complexity index is 2890. The number of rotatable bonds is 10. The Morgan fingerprint density at radius 1 is 0.611 bits per heavy atom. The van der Waals surface area contributed by atoms with Gasteiger partial charge in [0.25, 0.3) is 0 Å². The van der Waals surface area contributed by atoms with E-state index in [0.717, 1.165) is 80.4 Å². The van der Waals surface area contributed by atoms with Gasteiger partial charge >= 0.3 is 0 Å². The summed E-state index contributed by atoms with van der Waals surface area (Å²) in [5.41, 5.74) is -1.49. The first-order valence-corrected chi connectivity index (χ1v) is 35.2. The van der Waals surface area contributed by atoms with Crippen LogP contribution in [0.15, 0.2) is 24.3 Å². The second kappa shape index (κ2) is 34.8. The molecule has 3 aliphatic carbocycles. The Hall–Kier alpha value is -7.05. The molecule has 6 fully saturated rings. The molecule has 26 heteroatoms. The van der Waals surface area contributed by atoms with Crippen molar-refractivity contribution in [2.45, 2.75) is 216 Å². The summed E-state index contributed by atoms with van der Waals surface area (Å²) < 4.78 is 6.04. The summed E-state index contributed by atoms with van der Waals surface area (Å²) in [4.78, 5) is 189. The second-order valence-corrected chi connectivity index (χ2v) is 28.4. The van der Waals surface area contributed by atoms with Crippen molar-refractivity contribution >= 4 is 82.5 Å². The number of likely N-dealkylation sites (N-methyl/N-ethyl adjacent to an activating group) is 7. The largest absolute Gasteiger partial charge is 0.494 e. The zero-order chi connectivity index (χ0) is 69.4. The van der Waals surface area contributed by atoms with Crippen LogP contribution in [-0.2, 0) is 57.5 Å². The van der Waals surface area contributed by atoms with Crippen molar-refractivity contribution in [3.05, 3.63) is 29.3 Å². The van der Waals surface area contributed by atoms with Gasteiger partial charge in [-0.25, -0.2) is 0 Å². The summed E-state index contributed by atoms with van der Waals surface area (Å²) in [6, 6.07) is -1.60. The van der Waals surface area contributed by atoms with Crippen LogP contribution in [0.4, 0.5) is 0 Å². The second-order valence-electron chi connectivity index (χ2n) is 27.9. The fourth-order valence-corrected chi connectivity index (χ4v) is 14.9. The molecule has 3 heterocycles. The molecule has 1 aromatic carbocycles. The Labute approximate surface area is 566 Å². The van der Waals surface area contributed by atoms with E-state index in [1.807, 2.05) is 6.92 Å². The number of ether oxygens (including phenoxy) is 1. The summed E-state index contributed by atoms with van der Waals surface area (Å²) >= 11 is 6.16. The molecule has 6 aliphatic rings. The molecule has 1 aromatic rings. The molecule has 528 valence electrons. The minimum atomic E-state index is -1.49. The van der Waals surface area contributed by atoms with E-state index in [-0.39, 0.29) is 57.1 Å². The third kappa shape index (κ3) is 19.2. The standard InChI is InChI=1S/C69H107ClN12O13/c1-11-45(2)59-66(92)76(6)43-57(85)74(4)44-58(86)78(8)53(40-47-24-15-12-16-25-47)64(90)75(5)42-55(83)71-51(33-39-95-50-31-29-49(70)30-32-50)63(89)82-38-23-28-52(82)62(88)73-69(34-19-20-35-69)68(94)80(10)60(48-26-17-13-18-27-48)67(93)79(9)54(65(91)81-36-21-14-22-37-81)41-56(84)77(7)46(3)61(87)72-59/h29-32,45-48,51-54,59-60H,11-28,33-44H2,1-10H3,(H,71,83)(H,72,87)(H,73,88)/t45-,46-,51-,52?,53-,54-,59-,60-/m0/s1. The molecule has 3 aliphatic heterocycles. The van der Waals surface area contributed by atoms with Crippen LogP contribution in [0.3, 0.4) is 0 Å². The van der Waals surface area contributed by atoms with Gasteiger partial charge in [0.15, 0.2) is 0 Å². The van der Waals surface area contributed by atoms with Gasteiger partial charge in [0, 0.05) is 80.4 Å². The Morgan fingerprint density at radius 3 is 1.84 bits per heavy atom. The van der Waals surface area contributed by atoms with E-state index in [1.165, 1.54) is 78.6 Å². The highest BCUT2D eigenvalue weighted by Crippen LogP contribution is 2.37. The zero-order valence-electron chi connectivity index (χ0n) is 58.0. The maximum atomic E-state index is 15.7. The van der Waals surface area contributed by atoms with E-state index in [1.54, 1.807) is 43.1 Å². The minimum Gasteiger partial charge on any atom is -0.494 e. The van der Waals surface area contributed by atoms with Crippen molar-refractivity contribution in [1.29, 1.82) is 0 Å². The number of fused-ring (bicyclic) bond motifs is 1. The highest BCUT2D eigenvalue weighted by molar-refractivity contribution is 6.30. The molecule has 95 heavy (non-hydrogen) atoms. The number of nitrogens with one attached hydrogen (secondary N) is 3. The summed E-state index contributed by atoms with van der Waals surface area (Å²) in [6.45, 7) is 4.51. The smallest absolute Gasteiger partial charge is 0.248 e. The number of nitrogens with zero attached hydrogens (tertiary/aromatic N) is 9. The molecule has 7 rings (SSSR count). The maximum absolute atomic E-state index is 15.7. The number of benzene rings is 1. The van der Waals surface area contributed by atoms with Gasteiger partial charge < -0.3 is 64.8 Å². The lowest BCUT2D eigenvalue weighted by Crippen LogP contribution is -2.65. The number of likely N-dealkylation sites (tertiary alicyclic amines) is 1. The van der Waals surface area contributed by atoms with Gasteiger partial charge in [-0.15, -0.1) is 0 Å². The van der Waals surface area contributed by atoms with Gasteiger partial charge in [0.05, 0.1) is 32.7 Å². The van der Waals surface area contributed by atoms with E-state index in [2.05, 4.69) is 16.0 Å². The van der Waals surface area contributed by atoms with Crippen LogP contribution in [0.25, 0.3) is 0 Å². The van der Waals surface area contributed by atoms with Crippen molar-refractivity contribution in [3.63, 3.8) is 0 Å². The highest BCUT2D eigenvalue weighted by Gasteiger charge is 2.51. The SMILES string of the molecule is CC[C@H](C)[C@@H]1NC(=O)[C@H](C)N(C)C(=O)C[C@@H](C(=O)N2CCCCC2)N(C)C(=O)[C@H](C2CCCCC2)N(C)C(=O)C2(CCCC2)NC(=O)C2CCCN2C(=O)[C@H](CCOc2ccc(Cl)cc2)NC(=O)CN(C)C(=O)[C@H](CC2CCCCC2)N(C)C(=O)CN(C)C(=O)CN(C)C1=O. The van der Waals surface area contributed by atoms with Crippen LogP contribution < -0.4 is 20.7 Å². The number of piperidine rings is 1. The van der Waals surface area contributed by atoms with Crippen LogP contribution in [0.2, 0.25) is 5.02 Å². The molecule has 3 saturated heterocycles. The van der Waals surface area contributed by atoms with Crippen LogP contribution in [-0.4, -0.2) is 258 Å². The Balaban J connectivity index is 1.25. The average Bonchev–Trinajstić information content (AvgIpc) is 1.77. The normalized spacial score (nSPS) is 27.4. The number of carbonyl (C=O) groups excluding carboxylic acids is 12. The van der Waals surface area contributed by atoms with Crippen molar-refractivity contribution in [2.24, 2.45) is 17.8 Å². The molecule has 1 unspecified atom stereocenters. The van der Waals surface area contributed by atoms with Gasteiger partial charge in [-0.05, 0) is 113 Å². The number of carbonyl (C=O) groups is 12. The van der Waals surface area contributed by atoms with E-state index >= 15 is 19.2 Å². The number of halogens is 1. The summed E-state index contributed by atoms with van der Waals surface area (Å²) in [5.74, 6) is -7.31. The molecule has 8 atom stereocenters. The monoisotopic (exact) mass is 1350 g/mol. The Morgan fingerprint density at radius 2 is 1.21 bits per heavy atom. The average molecular weight is 1350 g/mol. The lowest BCUT2D eigenvalue weighted by molar-refractivity contribution is -0.157. The molecule has 3 N–H and O–H groups in total. The molecule has 25 nitrogen and oxygen atoms in total. The fraction of sp³-hybridized carbons (Fsp3) is 0.739. The highest BCUT2D eigenvalue weighted by atomic mass is 35.5. The van der Waals surface area contributed by atoms with E-state index in [4.69, 9.17) is 16.3 Å². The van der Waals surface area contributed by atoms with E-state index in [9.17, 15) is 38.4 Å². The van der Waals surface area contributed by atoms with Crippen LogP contribution in [0, 0.1) is 17.8 Å². The topological polar surface area (TPSA) is 279 Å². The lowest BCUT2D eigenvalue weighted by atomic mass is 9.81. The van der Waals surface area contributed by atoms with Gasteiger partial charge in [-0.1, -0.05) is 96.1 Å². The number of hydrogen-bond acceptors (Lipinski definition) is 13. The predicted octanol–water partition coefficient (Wildman–Crippen LogP) is 4.21. The quantitative estimate of drug-likeness (QED) is 0.297. The fourth-order valence-electron chi connectivity index (χ4n) is 14.8. The van der Waals surface area contributed by atoms with E-state index < -0.39 is 151 Å². The number of hydrogen-bond donors (Lipinski definition) is 3.